The van der Waals surface area contributed by atoms with E-state index in [1.165, 1.54) is 0 Å². The number of hydrogen-bond donors (Lipinski definition) is 0. The molecule has 3 heteroatoms. The highest BCUT2D eigenvalue weighted by Crippen LogP contribution is 2.03. The monoisotopic (exact) mass is 129 g/mol. The number of hydrogen-bond acceptors (Lipinski definition) is 2. The van der Waals surface area contributed by atoms with E-state index in [1.54, 1.807) is 13.0 Å². The summed E-state index contributed by atoms with van der Waals surface area (Å²) in [4.78, 5) is 9.73. The van der Waals surface area contributed by atoms with Crippen LogP contribution in [-0.4, -0.2) is 4.92 Å². The first kappa shape index (κ1) is 8.14. The molecule has 3 nitrogen and oxygen atoms in total. The fraction of sp³-hybridized carbons (Fsp3) is 0.667. The van der Waals surface area contributed by atoms with Crippen LogP contribution in [0.15, 0.2) is 11.8 Å². The smallest absolute Gasteiger partial charge is 0.242 e. The van der Waals surface area contributed by atoms with Crippen molar-refractivity contribution in [1.82, 2.24) is 0 Å². The third-order valence-electron chi connectivity index (χ3n) is 1.07. The highest BCUT2D eigenvalue weighted by Gasteiger charge is 2.04. The molecule has 0 heterocycles. The summed E-state index contributed by atoms with van der Waals surface area (Å²) in [6.07, 6.45) is 2.95. The van der Waals surface area contributed by atoms with Crippen molar-refractivity contribution in [3.63, 3.8) is 0 Å². The van der Waals surface area contributed by atoms with E-state index in [2.05, 4.69) is 0 Å². The van der Waals surface area contributed by atoms with E-state index < -0.39 is 0 Å². The van der Waals surface area contributed by atoms with Crippen molar-refractivity contribution in [2.75, 3.05) is 0 Å². The maximum Gasteiger partial charge on any atom is 0.242 e. The Kier molecular flexibility index (Phi) is 3.67. The Morgan fingerprint density at radius 2 is 2.33 bits per heavy atom. The van der Waals surface area contributed by atoms with E-state index in [0.29, 0.717) is 12.1 Å². The molecule has 0 spiro atoms. The second kappa shape index (κ2) is 4.06. The van der Waals surface area contributed by atoms with Crippen LogP contribution in [0.25, 0.3) is 0 Å². The van der Waals surface area contributed by atoms with Gasteiger partial charge in [0, 0.05) is 6.42 Å². The molecule has 0 fully saturated rings. The van der Waals surface area contributed by atoms with E-state index in [9.17, 15) is 10.1 Å². The summed E-state index contributed by atoms with van der Waals surface area (Å²) in [6.45, 7) is 3.61. The van der Waals surface area contributed by atoms with Crippen LogP contribution in [0.4, 0.5) is 0 Å². The molecule has 9 heavy (non-hydrogen) atoms. The molecule has 0 aromatic heterocycles. The Hall–Kier alpha value is -0.860. The van der Waals surface area contributed by atoms with Crippen molar-refractivity contribution in [3.8, 4) is 0 Å². The second-order valence-electron chi connectivity index (χ2n) is 1.79. The molecule has 0 radical (unpaired) electrons. The van der Waals surface area contributed by atoms with Gasteiger partial charge in [0.2, 0.25) is 5.70 Å². The third-order valence-corrected chi connectivity index (χ3v) is 1.07. The van der Waals surface area contributed by atoms with Crippen LogP contribution in [0.5, 0.6) is 0 Å². The average Bonchev–Trinajstić information content (AvgIpc) is 1.82. The zero-order valence-electron chi connectivity index (χ0n) is 5.76. The molecule has 0 amide bonds. The first-order valence-electron chi connectivity index (χ1n) is 3.02. The zero-order valence-corrected chi connectivity index (χ0v) is 5.76. The summed E-state index contributed by atoms with van der Waals surface area (Å²) in [5.74, 6) is 0. The van der Waals surface area contributed by atoms with Gasteiger partial charge in [0.25, 0.3) is 0 Å². The minimum Gasteiger partial charge on any atom is -0.259 e. The predicted octanol–water partition coefficient (Wildman–Crippen LogP) is 1.97. The van der Waals surface area contributed by atoms with Crippen molar-refractivity contribution >= 4 is 0 Å². The van der Waals surface area contributed by atoms with Gasteiger partial charge in [-0.1, -0.05) is 6.92 Å². The highest BCUT2D eigenvalue weighted by molar-refractivity contribution is 4.87. The summed E-state index contributed by atoms with van der Waals surface area (Å²) >= 11 is 0. The largest absolute Gasteiger partial charge is 0.259 e. The van der Waals surface area contributed by atoms with E-state index in [0.717, 1.165) is 6.42 Å². The Morgan fingerprint density at radius 1 is 1.78 bits per heavy atom. The van der Waals surface area contributed by atoms with Crippen LogP contribution in [0, 0.1) is 10.1 Å². The molecule has 0 saturated heterocycles. The molecule has 0 rings (SSSR count). The van der Waals surface area contributed by atoms with Gasteiger partial charge in [0.15, 0.2) is 0 Å². The molecule has 0 aliphatic heterocycles. The van der Waals surface area contributed by atoms with Crippen molar-refractivity contribution in [2.24, 2.45) is 0 Å². The number of nitro groups is 1. The van der Waals surface area contributed by atoms with Gasteiger partial charge in [-0.05, 0) is 19.4 Å². The molecule has 0 saturated carbocycles. The van der Waals surface area contributed by atoms with Gasteiger partial charge in [-0.2, -0.15) is 0 Å². The van der Waals surface area contributed by atoms with Gasteiger partial charge in [0.1, 0.15) is 0 Å². The summed E-state index contributed by atoms with van der Waals surface area (Å²) < 4.78 is 0. The lowest BCUT2D eigenvalue weighted by Gasteiger charge is -1.91. The van der Waals surface area contributed by atoms with Crippen molar-refractivity contribution in [2.45, 2.75) is 26.7 Å². The molecule has 0 aromatic carbocycles. The van der Waals surface area contributed by atoms with Crippen LogP contribution in [-0.2, 0) is 0 Å². The lowest BCUT2D eigenvalue weighted by molar-refractivity contribution is -0.428. The van der Waals surface area contributed by atoms with E-state index in [1.807, 2.05) is 6.92 Å². The quantitative estimate of drug-likeness (QED) is 0.432. The van der Waals surface area contributed by atoms with Gasteiger partial charge < -0.3 is 0 Å². The molecular formula is C6H11NO2. The van der Waals surface area contributed by atoms with Gasteiger partial charge in [0.05, 0.1) is 4.92 Å². The molecule has 0 unspecified atom stereocenters. The number of nitrogens with zero attached hydrogens (tertiary/aromatic N) is 1. The Morgan fingerprint density at radius 3 is 2.44 bits per heavy atom. The van der Waals surface area contributed by atoms with Crippen molar-refractivity contribution < 1.29 is 4.92 Å². The minimum absolute atomic E-state index is 0.317. The topological polar surface area (TPSA) is 43.1 Å². The standard InChI is InChI=1S/C6H11NO2/c1-3-5-6(4-2)7(8)9/h4H,3,5H2,1-2H3/b6-4+. The summed E-state index contributed by atoms with van der Waals surface area (Å²) in [5, 5.41) is 10.1. The average molecular weight is 129 g/mol. The SMILES string of the molecule is C/C=C(\CCC)[N+](=O)[O-]. The van der Waals surface area contributed by atoms with E-state index in [4.69, 9.17) is 0 Å². The molecular weight excluding hydrogens is 118 g/mol. The molecule has 0 aliphatic rings. The second-order valence-corrected chi connectivity index (χ2v) is 1.79. The maximum atomic E-state index is 10.1. The Labute approximate surface area is 54.5 Å². The first-order chi connectivity index (χ1) is 4.22. The van der Waals surface area contributed by atoms with Crippen LogP contribution < -0.4 is 0 Å². The molecule has 0 aromatic rings. The molecule has 0 N–H and O–H groups in total. The maximum absolute atomic E-state index is 10.1. The zero-order chi connectivity index (χ0) is 7.28. The summed E-state index contributed by atoms with van der Waals surface area (Å²) in [5.41, 5.74) is 0.317. The van der Waals surface area contributed by atoms with Crippen LogP contribution >= 0.6 is 0 Å². The van der Waals surface area contributed by atoms with Gasteiger partial charge >= 0.3 is 0 Å². The third kappa shape index (κ3) is 2.85. The number of allylic oxidation sites excluding steroid dienone is 2. The Bertz CT molecular complexity index is 129. The Balaban J connectivity index is 3.85. The van der Waals surface area contributed by atoms with Gasteiger partial charge in [-0.3, -0.25) is 10.1 Å². The molecule has 0 bridgehead atoms. The molecule has 0 aliphatic carbocycles. The van der Waals surface area contributed by atoms with Crippen LogP contribution in [0.1, 0.15) is 26.7 Å². The normalized spacial score (nSPS) is 11.6. The fourth-order valence-electron chi connectivity index (χ4n) is 0.597. The lowest BCUT2D eigenvalue weighted by atomic mass is 10.2. The lowest BCUT2D eigenvalue weighted by Crippen LogP contribution is -1.96. The molecule has 52 valence electrons. The highest BCUT2D eigenvalue weighted by atomic mass is 16.6. The van der Waals surface area contributed by atoms with E-state index in [-0.39, 0.29) is 4.92 Å². The van der Waals surface area contributed by atoms with Crippen LogP contribution in [0.3, 0.4) is 0 Å². The molecule has 0 atom stereocenters. The van der Waals surface area contributed by atoms with Crippen LogP contribution in [0.2, 0.25) is 0 Å². The first-order valence-corrected chi connectivity index (χ1v) is 3.02. The number of rotatable bonds is 3. The van der Waals surface area contributed by atoms with Gasteiger partial charge in [-0.25, -0.2) is 0 Å². The van der Waals surface area contributed by atoms with E-state index >= 15 is 0 Å². The minimum atomic E-state index is -0.330. The van der Waals surface area contributed by atoms with Crippen molar-refractivity contribution in [1.29, 1.82) is 0 Å². The van der Waals surface area contributed by atoms with Gasteiger partial charge in [-0.15, -0.1) is 0 Å². The fourth-order valence-corrected chi connectivity index (χ4v) is 0.597. The predicted molar refractivity (Wildman–Crippen MR) is 35.7 cm³/mol. The summed E-state index contributed by atoms with van der Waals surface area (Å²) in [6, 6.07) is 0. The summed E-state index contributed by atoms with van der Waals surface area (Å²) in [7, 11) is 0. The van der Waals surface area contributed by atoms with Crippen molar-refractivity contribution in [3.05, 3.63) is 21.9 Å².